The highest BCUT2D eigenvalue weighted by molar-refractivity contribution is 7.90. The van der Waals surface area contributed by atoms with Gasteiger partial charge in [-0.2, -0.15) is 0 Å². The number of sulfone groups is 1. The average molecular weight is 191 g/mol. The molecule has 72 valence electrons. The predicted molar refractivity (Wildman–Crippen MR) is 49.9 cm³/mol. The third-order valence-corrected chi connectivity index (χ3v) is 3.21. The first-order valence-corrected chi connectivity index (χ1v) is 6.46. The molecule has 1 aliphatic carbocycles. The van der Waals surface area contributed by atoms with E-state index in [1.165, 1.54) is 19.1 Å². The van der Waals surface area contributed by atoms with E-state index in [9.17, 15) is 8.42 Å². The van der Waals surface area contributed by atoms with Crippen LogP contribution in [0, 0.1) is 5.92 Å². The normalized spacial score (nSPS) is 20.8. The summed E-state index contributed by atoms with van der Waals surface area (Å²) in [4.78, 5) is 0. The van der Waals surface area contributed by atoms with E-state index < -0.39 is 9.84 Å². The van der Waals surface area contributed by atoms with Crippen LogP contribution in [0.5, 0.6) is 0 Å². The first-order chi connectivity index (χ1) is 5.49. The Morgan fingerprint density at radius 3 is 2.50 bits per heavy atom. The summed E-state index contributed by atoms with van der Waals surface area (Å²) >= 11 is 0. The molecule has 0 saturated heterocycles. The average Bonchev–Trinajstić information content (AvgIpc) is 2.64. The topological polar surface area (TPSA) is 46.2 Å². The first kappa shape index (κ1) is 9.99. The van der Waals surface area contributed by atoms with Gasteiger partial charge < -0.3 is 5.32 Å². The van der Waals surface area contributed by atoms with Crippen molar-refractivity contribution in [3.05, 3.63) is 0 Å². The van der Waals surface area contributed by atoms with Crippen LogP contribution in [0.25, 0.3) is 0 Å². The molecule has 1 fully saturated rings. The molecule has 1 rings (SSSR count). The molecule has 0 bridgehead atoms. The summed E-state index contributed by atoms with van der Waals surface area (Å²) in [5.41, 5.74) is 0. The monoisotopic (exact) mass is 191 g/mol. The van der Waals surface area contributed by atoms with Gasteiger partial charge in [0.25, 0.3) is 0 Å². The Kier molecular flexibility index (Phi) is 3.12. The van der Waals surface area contributed by atoms with Crippen molar-refractivity contribution in [2.24, 2.45) is 5.92 Å². The maximum atomic E-state index is 10.8. The molecule has 1 N–H and O–H groups in total. The van der Waals surface area contributed by atoms with Gasteiger partial charge in [0.1, 0.15) is 9.84 Å². The van der Waals surface area contributed by atoms with Crippen molar-refractivity contribution in [2.75, 3.05) is 18.6 Å². The summed E-state index contributed by atoms with van der Waals surface area (Å²) in [6, 6.07) is 0.492. The molecule has 0 heterocycles. The molecule has 12 heavy (non-hydrogen) atoms. The van der Waals surface area contributed by atoms with E-state index in [4.69, 9.17) is 0 Å². The van der Waals surface area contributed by atoms with Crippen molar-refractivity contribution in [1.82, 2.24) is 5.32 Å². The van der Waals surface area contributed by atoms with Crippen molar-refractivity contribution in [3.63, 3.8) is 0 Å². The second kappa shape index (κ2) is 3.75. The Labute approximate surface area is 74.5 Å². The second-order valence-corrected chi connectivity index (χ2v) is 5.97. The van der Waals surface area contributed by atoms with Gasteiger partial charge in [-0.3, -0.25) is 0 Å². The predicted octanol–water partition coefficient (Wildman–Crippen LogP) is 0.419. The van der Waals surface area contributed by atoms with Gasteiger partial charge in [0, 0.05) is 18.8 Å². The Balaban J connectivity index is 2.09. The van der Waals surface area contributed by atoms with Crippen LogP contribution in [0.3, 0.4) is 0 Å². The molecule has 0 radical (unpaired) electrons. The number of hydrogen-bond acceptors (Lipinski definition) is 3. The van der Waals surface area contributed by atoms with Crippen LogP contribution in [0.4, 0.5) is 0 Å². The lowest BCUT2D eigenvalue weighted by molar-refractivity contribution is 0.510. The minimum absolute atomic E-state index is 0.254. The Morgan fingerprint density at radius 2 is 2.08 bits per heavy atom. The van der Waals surface area contributed by atoms with Crippen LogP contribution in [0.1, 0.15) is 19.8 Å². The van der Waals surface area contributed by atoms with Crippen LogP contribution in [-0.2, 0) is 9.84 Å². The van der Waals surface area contributed by atoms with Gasteiger partial charge >= 0.3 is 0 Å². The Hall–Kier alpha value is -0.0900. The van der Waals surface area contributed by atoms with E-state index in [2.05, 4.69) is 12.2 Å². The summed E-state index contributed by atoms with van der Waals surface area (Å²) in [6.07, 6.45) is 3.87. The van der Waals surface area contributed by atoms with E-state index >= 15 is 0 Å². The zero-order valence-electron chi connectivity index (χ0n) is 7.71. The fourth-order valence-electron chi connectivity index (χ4n) is 1.23. The van der Waals surface area contributed by atoms with Crippen LogP contribution in [-0.4, -0.2) is 33.0 Å². The van der Waals surface area contributed by atoms with E-state index in [1.807, 2.05) is 0 Å². The molecule has 1 atom stereocenters. The van der Waals surface area contributed by atoms with Crippen molar-refractivity contribution >= 4 is 9.84 Å². The lowest BCUT2D eigenvalue weighted by Gasteiger charge is -2.11. The van der Waals surface area contributed by atoms with E-state index in [0.29, 0.717) is 12.6 Å². The van der Waals surface area contributed by atoms with E-state index in [-0.39, 0.29) is 5.75 Å². The maximum absolute atomic E-state index is 10.8. The Bertz CT molecular complexity index is 231. The summed E-state index contributed by atoms with van der Waals surface area (Å²) in [7, 11) is -2.79. The van der Waals surface area contributed by atoms with Crippen molar-refractivity contribution < 1.29 is 8.42 Å². The molecule has 0 aromatic rings. The molecule has 4 heteroatoms. The smallest absolute Gasteiger partial charge is 0.148 e. The van der Waals surface area contributed by atoms with E-state index in [0.717, 1.165) is 5.92 Å². The molecule has 1 saturated carbocycles. The minimum Gasteiger partial charge on any atom is -0.313 e. The SMILES string of the molecule is CC(NCCS(C)(=O)=O)C1CC1. The highest BCUT2D eigenvalue weighted by atomic mass is 32.2. The van der Waals surface area contributed by atoms with Gasteiger partial charge in [-0.25, -0.2) is 8.42 Å². The molecular weight excluding hydrogens is 174 g/mol. The maximum Gasteiger partial charge on any atom is 0.148 e. The van der Waals surface area contributed by atoms with Crippen LogP contribution in [0.15, 0.2) is 0 Å². The van der Waals surface area contributed by atoms with E-state index in [1.54, 1.807) is 0 Å². The molecule has 3 nitrogen and oxygen atoms in total. The molecule has 0 aliphatic heterocycles. The summed E-state index contributed by atoms with van der Waals surface area (Å²) in [5, 5.41) is 3.22. The fourth-order valence-corrected chi connectivity index (χ4v) is 1.72. The first-order valence-electron chi connectivity index (χ1n) is 4.40. The number of rotatable bonds is 5. The van der Waals surface area contributed by atoms with Crippen molar-refractivity contribution in [1.29, 1.82) is 0 Å². The molecule has 0 aromatic carbocycles. The van der Waals surface area contributed by atoms with Gasteiger partial charge in [-0.15, -0.1) is 0 Å². The largest absolute Gasteiger partial charge is 0.313 e. The molecule has 0 aromatic heterocycles. The molecule has 1 unspecified atom stereocenters. The lowest BCUT2D eigenvalue weighted by Crippen LogP contribution is -2.32. The minimum atomic E-state index is -2.79. The zero-order valence-corrected chi connectivity index (χ0v) is 8.52. The fraction of sp³-hybridized carbons (Fsp3) is 1.00. The van der Waals surface area contributed by atoms with Crippen LogP contribution in [0.2, 0.25) is 0 Å². The second-order valence-electron chi connectivity index (χ2n) is 3.71. The third-order valence-electron chi connectivity index (χ3n) is 2.27. The quantitative estimate of drug-likeness (QED) is 0.685. The van der Waals surface area contributed by atoms with Gasteiger partial charge in [-0.1, -0.05) is 0 Å². The number of hydrogen-bond donors (Lipinski definition) is 1. The zero-order chi connectivity index (χ0) is 9.19. The van der Waals surface area contributed by atoms with Gasteiger partial charge in [0.05, 0.1) is 5.75 Å². The third kappa shape index (κ3) is 4.07. The van der Waals surface area contributed by atoms with Crippen LogP contribution >= 0.6 is 0 Å². The highest BCUT2D eigenvalue weighted by Gasteiger charge is 2.27. The highest BCUT2D eigenvalue weighted by Crippen LogP contribution is 2.32. The van der Waals surface area contributed by atoms with Gasteiger partial charge in [-0.05, 0) is 25.7 Å². The van der Waals surface area contributed by atoms with Crippen LogP contribution < -0.4 is 5.32 Å². The Morgan fingerprint density at radius 1 is 1.50 bits per heavy atom. The number of nitrogens with one attached hydrogen (secondary N) is 1. The van der Waals surface area contributed by atoms with Crippen molar-refractivity contribution in [2.45, 2.75) is 25.8 Å². The summed E-state index contributed by atoms with van der Waals surface area (Å²) < 4.78 is 21.5. The van der Waals surface area contributed by atoms with Crippen molar-refractivity contribution in [3.8, 4) is 0 Å². The standard InChI is InChI=1S/C8H17NO2S/c1-7(8-3-4-8)9-5-6-12(2,10)11/h7-9H,3-6H2,1-2H3. The van der Waals surface area contributed by atoms with Gasteiger partial charge in [0.15, 0.2) is 0 Å². The molecule has 0 amide bonds. The summed E-state index contributed by atoms with van der Waals surface area (Å²) in [5.74, 6) is 1.05. The summed E-state index contributed by atoms with van der Waals surface area (Å²) in [6.45, 7) is 2.72. The molecular formula is C8H17NO2S. The molecule has 0 spiro atoms. The molecule has 1 aliphatic rings. The lowest BCUT2D eigenvalue weighted by atomic mass is 10.2. The van der Waals surface area contributed by atoms with Gasteiger partial charge in [0.2, 0.25) is 0 Å².